The molecule has 1 heterocycles. The van der Waals surface area contributed by atoms with Crippen molar-refractivity contribution in [2.45, 2.75) is 19.8 Å². The van der Waals surface area contributed by atoms with Crippen molar-refractivity contribution < 1.29 is 9.53 Å². The lowest BCUT2D eigenvalue weighted by molar-refractivity contribution is -0.123. The summed E-state index contributed by atoms with van der Waals surface area (Å²) >= 11 is 0. The predicted molar refractivity (Wildman–Crippen MR) is 64.8 cm³/mol. The SMILES string of the molecule is CCOCCNC(=O)C1CC12CCNC2.Cl. The van der Waals surface area contributed by atoms with E-state index in [1.54, 1.807) is 0 Å². The van der Waals surface area contributed by atoms with E-state index in [4.69, 9.17) is 4.74 Å². The highest BCUT2D eigenvalue weighted by molar-refractivity contribution is 5.85. The van der Waals surface area contributed by atoms with E-state index < -0.39 is 0 Å². The number of carbonyl (C=O) groups excluding carboxylic acids is 1. The highest BCUT2D eigenvalue weighted by Gasteiger charge is 2.58. The largest absolute Gasteiger partial charge is 0.380 e. The van der Waals surface area contributed by atoms with Crippen molar-refractivity contribution in [1.82, 2.24) is 10.6 Å². The van der Waals surface area contributed by atoms with E-state index in [-0.39, 0.29) is 24.2 Å². The van der Waals surface area contributed by atoms with Gasteiger partial charge in [-0.3, -0.25) is 4.79 Å². The van der Waals surface area contributed by atoms with Crippen molar-refractivity contribution in [1.29, 1.82) is 0 Å². The first-order valence-corrected chi connectivity index (χ1v) is 5.85. The van der Waals surface area contributed by atoms with Gasteiger partial charge in [-0.25, -0.2) is 0 Å². The average Bonchev–Trinajstić information content (AvgIpc) is 2.72. The number of rotatable bonds is 5. The molecule has 16 heavy (non-hydrogen) atoms. The predicted octanol–water partition coefficient (Wildman–Crippen LogP) is 0.560. The van der Waals surface area contributed by atoms with Crippen LogP contribution in [0.1, 0.15) is 19.8 Å². The maximum Gasteiger partial charge on any atom is 0.223 e. The molecule has 5 heteroatoms. The lowest BCUT2D eigenvalue weighted by Gasteiger charge is -2.08. The maximum atomic E-state index is 11.7. The Hall–Kier alpha value is -0.320. The van der Waals surface area contributed by atoms with E-state index in [1.165, 1.54) is 0 Å². The third-order valence-electron chi connectivity index (χ3n) is 3.53. The van der Waals surface area contributed by atoms with Crippen LogP contribution >= 0.6 is 12.4 Å². The van der Waals surface area contributed by atoms with Crippen molar-refractivity contribution in [3.8, 4) is 0 Å². The molecule has 1 saturated heterocycles. The molecule has 4 nitrogen and oxygen atoms in total. The van der Waals surface area contributed by atoms with Gasteiger partial charge >= 0.3 is 0 Å². The van der Waals surface area contributed by atoms with Gasteiger partial charge in [0.25, 0.3) is 0 Å². The van der Waals surface area contributed by atoms with Crippen LogP contribution < -0.4 is 10.6 Å². The quantitative estimate of drug-likeness (QED) is 0.699. The van der Waals surface area contributed by atoms with Gasteiger partial charge in [0.2, 0.25) is 5.91 Å². The molecule has 0 radical (unpaired) electrons. The molecule has 1 spiro atoms. The molecule has 0 aromatic heterocycles. The molecule has 0 bridgehead atoms. The minimum absolute atomic E-state index is 0. The number of amides is 1. The van der Waals surface area contributed by atoms with E-state index in [0.717, 1.165) is 25.9 Å². The summed E-state index contributed by atoms with van der Waals surface area (Å²) in [5, 5.41) is 6.27. The Balaban J connectivity index is 0.00000128. The van der Waals surface area contributed by atoms with Gasteiger partial charge in [0.1, 0.15) is 0 Å². The molecule has 1 aliphatic heterocycles. The molecule has 2 aliphatic rings. The third-order valence-corrected chi connectivity index (χ3v) is 3.53. The van der Waals surface area contributed by atoms with Crippen LogP contribution in [0, 0.1) is 11.3 Å². The lowest BCUT2D eigenvalue weighted by Crippen LogP contribution is -2.30. The standard InChI is InChI=1S/C11H20N2O2.ClH/c1-2-15-6-5-13-10(14)9-7-11(9)3-4-12-8-11;/h9,12H,2-8H2,1H3,(H,13,14);1H. The van der Waals surface area contributed by atoms with Crippen LogP contribution in [-0.2, 0) is 9.53 Å². The number of ether oxygens (including phenoxy) is 1. The van der Waals surface area contributed by atoms with E-state index in [9.17, 15) is 4.79 Å². The van der Waals surface area contributed by atoms with E-state index in [1.807, 2.05) is 6.92 Å². The fourth-order valence-electron chi connectivity index (χ4n) is 2.47. The van der Waals surface area contributed by atoms with Crippen LogP contribution in [-0.4, -0.2) is 38.8 Å². The molecule has 2 unspecified atom stereocenters. The summed E-state index contributed by atoms with van der Waals surface area (Å²) in [4.78, 5) is 11.7. The molecule has 2 atom stereocenters. The zero-order valence-electron chi connectivity index (χ0n) is 9.75. The van der Waals surface area contributed by atoms with Crippen molar-refractivity contribution in [2.75, 3.05) is 32.8 Å². The number of hydrogen-bond donors (Lipinski definition) is 2. The first-order valence-electron chi connectivity index (χ1n) is 5.85. The monoisotopic (exact) mass is 248 g/mol. The summed E-state index contributed by atoms with van der Waals surface area (Å²) in [6.45, 7) is 6.04. The summed E-state index contributed by atoms with van der Waals surface area (Å²) in [5.41, 5.74) is 0.315. The number of hydrogen-bond acceptors (Lipinski definition) is 3. The topological polar surface area (TPSA) is 50.4 Å². The van der Waals surface area contributed by atoms with Gasteiger partial charge in [0, 0.05) is 25.6 Å². The second kappa shape index (κ2) is 5.84. The molecular weight excluding hydrogens is 228 g/mol. The second-order valence-electron chi connectivity index (χ2n) is 4.53. The fourth-order valence-corrected chi connectivity index (χ4v) is 2.47. The molecule has 1 aliphatic carbocycles. The molecular formula is C11H21ClN2O2. The van der Waals surface area contributed by atoms with Crippen LogP contribution in [0.4, 0.5) is 0 Å². The van der Waals surface area contributed by atoms with Gasteiger partial charge in [-0.1, -0.05) is 0 Å². The smallest absolute Gasteiger partial charge is 0.223 e. The van der Waals surface area contributed by atoms with Gasteiger partial charge in [-0.15, -0.1) is 12.4 Å². The summed E-state index contributed by atoms with van der Waals surface area (Å²) in [7, 11) is 0. The first-order chi connectivity index (χ1) is 7.28. The summed E-state index contributed by atoms with van der Waals surface area (Å²) in [6, 6.07) is 0. The summed E-state index contributed by atoms with van der Waals surface area (Å²) < 4.78 is 5.17. The van der Waals surface area contributed by atoms with Crippen molar-refractivity contribution in [2.24, 2.45) is 11.3 Å². The molecule has 2 fully saturated rings. The minimum atomic E-state index is 0. The minimum Gasteiger partial charge on any atom is -0.380 e. The average molecular weight is 249 g/mol. The summed E-state index contributed by atoms with van der Waals surface area (Å²) in [6.07, 6.45) is 2.23. The van der Waals surface area contributed by atoms with Gasteiger partial charge in [0.15, 0.2) is 0 Å². The van der Waals surface area contributed by atoms with E-state index in [0.29, 0.717) is 25.2 Å². The Bertz CT molecular complexity index is 242. The van der Waals surface area contributed by atoms with Crippen LogP contribution in [0.3, 0.4) is 0 Å². The van der Waals surface area contributed by atoms with E-state index >= 15 is 0 Å². The molecule has 2 rings (SSSR count). The normalized spacial score (nSPS) is 31.2. The van der Waals surface area contributed by atoms with Gasteiger partial charge in [0.05, 0.1) is 6.61 Å². The van der Waals surface area contributed by atoms with E-state index in [2.05, 4.69) is 10.6 Å². The van der Waals surface area contributed by atoms with Crippen molar-refractivity contribution in [3.63, 3.8) is 0 Å². The molecule has 94 valence electrons. The van der Waals surface area contributed by atoms with Crippen LogP contribution in [0.15, 0.2) is 0 Å². The van der Waals surface area contributed by atoms with Gasteiger partial charge < -0.3 is 15.4 Å². The second-order valence-corrected chi connectivity index (χ2v) is 4.53. The maximum absolute atomic E-state index is 11.7. The Labute approximate surface area is 103 Å². The highest BCUT2D eigenvalue weighted by atomic mass is 35.5. The molecule has 0 aromatic rings. The van der Waals surface area contributed by atoms with Crippen LogP contribution in [0.2, 0.25) is 0 Å². The van der Waals surface area contributed by atoms with Gasteiger partial charge in [-0.2, -0.15) is 0 Å². The Morgan fingerprint density at radius 3 is 3.06 bits per heavy atom. The van der Waals surface area contributed by atoms with Crippen LogP contribution in [0.25, 0.3) is 0 Å². The Kier molecular flexibility index (Phi) is 5.02. The number of halogens is 1. The number of carbonyl (C=O) groups is 1. The lowest BCUT2D eigenvalue weighted by atomic mass is 10.0. The molecule has 1 amide bonds. The van der Waals surface area contributed by atoms with Crippen molar-refractivity contribution in [3.05, 3.63) is 0 Å². The zero-order chi connectivity index (χ0) is 10.7. The number of nitrogens with one attached hydrogen (secondary N) is 2. The van der Waals surface area contributed by atoms with Gasteiger partial charge in [-0.05, 0) is 31.7 Å². The zero-order valence-corrected chi connectivity index (χ0v) is 10.6. The molecule has 0 aromatic carbocycles. The third kappa shape index (κ3) is 2.87. The van der Waals surface area contributed by atoms with Crippen molar-refractivity contribution >= 4 is 18.3 Å². The molecule has 2 N–H and O–H groups in total. The summed E-state index contributed by atoms with van der Waals surface area (Å²) in [5.74, 6) is 0.479. The fraction of sp³-hybridized carbons (Fsp3) is 0.909. The highest BCUT2D eigenvalue weighted by Crippen LogP contribution is 2.56. The molecule has 1 saturated carbocycles. The Morgan fingerprint density at radius 2 is 2.44 bits per heavy atom. The van der Waals surface area contributed by atoms with Crippen LogP contribution in [0.5, 0.6) is 0 Å². The first kappa shape index (κ1) is 13.7. The Morgan fingerprint density at radius 1 is 1.62 bits per heavy atom.